The van der Waals surface area contributed by atoms with Crippen molar-refractivity contribution < 1.29 is 14.4 Å². The number of piperidine rings is 1. The number of hydrogen-bond donors (Lipinski definition) is 1. The van der Waals surface area contributed by atoms with Crippen molar-refractivity contribution in [3.05, 3.63) is 64.8 Å². The maximum atomic E-state index is 12.8. The number of nitrogens with one attached hydrogen (secondary N) is 1. The number of imide groups is 1. The Morgan fingerprint density at radius 2 is 1.87 bits per heavy atom. The predicted octanol–water partition coefficient (Wildman–Crippen LogP) is 2.35. The van der Waals surface area contributed by atoms with Gasteiger partial charge in [0.25, 0.3) is 5.91 Å². The smallest absolute Gasteiger partial charge is 0.255 e. The summed E-state index contributed by atoms with van der Waals surface area (Å²) in [5.41, 5.74) is 3.71. The Kier molecular flexibility index (Phi) is 4.36. The molecule has 30 heavy (non-hydrogen) atoms. The zero-order chi connectivity index (χ0) is 20.8. The summed E-state index contributed by atoms with van der Waals surface area (Å²) in [5, 5.41) is 11.4. The van der Waals surface area contributed by atoms with Crippen molar-refractivity contribution in [2.24, 2.45) is 0 Å². The molecule has 0 bridgehead atoms. The van der Waals surface area contributed by atoms with Gasteiger partial charge in [-0.05, 0) is 48.4 Å². The zero-order valence-electron chi connectivity index (χ0n) is 15.7. The highest BCUT2D eigenvalue weighted by molar-refractivity contribution is 6.30. The SMILES string of the molecule is O=C1CCC(N2Cc3cc(-c4cn(-c5ccc(Cl)cc5)nn4)ccc3C2=O)C(=O)N1. The van der Waals surface area contributed by atoms with Gasteiger partial charge in [-0.3, -0.25) is 19.7 Å². The van der Waals surface area contributed by atoms with Gasteiger partial charge in [-0.15, -0.1) is 5.10 Å². The van der Waals surface area contributed by atoms with E-state index in [-0.39, 0.29) is 18.2 Å². The Labute approximate surface area is 176 Å². The lowest BCUT2D eigenvalue weighted by molar-refractivity contribution is -0.136. The molecule has 8 nitrogen and oxygen atoms in total. The van der Waals surface area contributed by atoms with Crippen LogP contribution < -0.4 is 5.32 Å². The van der Waals surface area contributed by atoms with Crippen LogP contribution in [0, 0.1) is 0 Å². The number of carbonyl (C=O) groups is 3. The molecule has 150 valence electrons. The lowest BCUT2D eigenvalue weighted by Gasteiger charge is -2.29. The van der Waals surface area contributed by atoms with E-state index in [9.17, 15) is 14.4 Å². The molecule has 0 radical (unpaired) electrons. The van der Waals surface area contributed by atoms with Gasteiger partial charge in [0.2, 0.25) is 11.8 Å². The minimum absolute atomic E-state index is 0.198. The number of carbonyl (C=O) groups excluding carboxylic acids is 3. The number of nitrogens with zero attached hydrogens (tertiary/aromatic N) is 4. The summed E-state index contributed by atoms with van der Waals surface area (Å²) in [6.07, 6.45) is 2.38. The lowest BCUT2D eigenvalue weighted by atomic mass is 10.0. The molecule has 1 unspecified atom stereocenters. The van der Waals surface area contributed by atoms with Gasteiger partial charge in [-0.2, -0.15) is 0 Å². The van der Waals surface area contributed by atoms with Crippen LogP contribution in [0.5, 0.6) is 0 Å². The quantitative estimate of drug-likeness (QED) is 0.655. The molecule has 3 amide bonds. The highest BCUT2D eigenvalue weighted by Gasteiger charge is 2.39. The van der Waals surface area contributed by atoms with E-state index in [1.165, 1.54) is 4.90 Å². The average molecular weight is 422 g/mol. The number of hydrogen-bond acceptors (Lipinski definition) is 5. The molecule has 2 aliphatic heterocycles. The van der Waals surface area contributed by atoms with E-state index >= 15 is 0 Å². The Morgan fingerprint density at radius 3 is 2.63 bits per heavy atom. The number of amides is 3. The van der Waals surface area contributed by atoms with Crippen molar-refractivity contribution in [2.75, 3.05) is 0 Å². The highest BCUT2D eigenvalue weighted by atomic mass is 35.5. The number of aromatic nitrogens is 3. The molecule has 1 fully saturated rings. The molecule has 2 aromatic carbocycles. The van der Waals surface area contributed by atoms with Crippen LogP contribution in [-0.4, -0.2) is 43.7 Å². The molecule has 1 saturated heterocycles. The molecule has 1 aromatic heterocycles. The van der Waals surface area contributed by atoms with E-state index < -0.39 is 11.9 Å². The number of halogens is 1. The summed E-state index contributed by atoms with van der Waals surface area (Å²) >= 11 is 5.93. The molecule has 0 saturated carbocycles. The highest BCUT2D eigenvalue weighted by Crippen LogP contribution is 2.30. The van der Waals surface area contributed by atoms with Gasteiger partial charge < -0.3 is 4.90 Å². The number of rotatable bonds is 3. The molecule has 5 rings (SSSR count). The Bertz CT molecular complexity index is 1190. The van der Waals surface area contributed by atoms with Gasteiger partial charge in [-0.1, -0.05) is 22.9 Å². The maximum absolute atomic E-state index is 12.8. The van der Waals surface area contributed by atoms with Crippen molar-refractivity contribution in [2.45, 2.75) is 25.4 Å². The molecule has 1 atom stereocenters. The summed E-state index contributed by atoms with van der Waals surface area (Å²) in [6.45, 7) is 0.319. The molecule has 3 aromatic rings. The Morgan fingerprint density at radius 1 is 1.07 bits per heavy atom. The average Bonchev–Trinajstić information content (AvgIpc) is 3.34. The zero-order valence-corrected chi connectivity index (χ0v) is 16.5. The first-order valence-corrected chi connectivity index (χ1v) is 9.83. The molecule has 1 N–H and O–H groups in total. The molecule has 0 aliphatic carbocycles. The van der Waals surface area contributed by atoms with E-state index in [1.807, 2.05) is 24.3 Å². The fourth-order valence-corrected chi connectivity index (χ4v) is 3.98. The van der Waals surface area contributed by atoms with Crippen LogP contribution in [0.1, 0.15) is 28.8 Å². The van der Waals surface area contributed by atoms with Gasteiger partial charge in [-0.25, -0.2) is 4.68 Å². The monoisotopic (exact) mass is 421 g/mol. The van der Waals surface area contributed by atoms with E-state index in [2.05, 4.69) is 15.6 Å². The first-order chi connectivity index (χ1) is 14.5. The molecular formula is C21H16ClN5O3. The van der Waals surface area contributed by atoms with E-state index in [0.717, 1.165) is 16.8 Å². The molecule has 3 heterocycles. The van der Waals surface area contributed by atoms with Crippen LogP contribution in [0.4, 0.5) is 0 Å². The second-order valence-electron chi connectivity index (χ2n) is 7.30. The summed E-state index contributed by atoms with van der Waals surface area (Å²) < 4.78 is 1.65. The number of benzene rings is 2. The second-order valence-corrected chi connectivity index (χ2v) is 7.73. The first-order valence-electron chi connectivity index (χ1n) is 9.46. The third kappa shape index (κ3) is 3.15. The minimum atomic E-state index is -0.628. The van der Waals surface area contributed by atoms with Crippen molar-refractivity contribution in [1.82, 2.24) is 25.2 Å². The van der Waals surface area contributed by atoms with Crippen LogP contribution in [0.25, 0.3) is 16.9 Å². The first kappa shape index (κ1) is 18.5. The van der Waals surface area contributed by atoms with E-state index in [0.29, 0.717) is 29.2 Å². The fraction of sp³-hybridized carbons (Fsp3) is 0.190. The van der Waals surface area contributed by atoms with Crippen molar-refractivity contribution in [3.63, 3.8) is 0 Å². The van der Waals surface area contributed by atoms with Gasteiger partial charge in [0.15, 0.2) is 0 Å². The molecule has 0 spiro atoms. The second kappa shape index (κ2) is 7.07. The van der Waals surface area contributed by atoms with Gasteiger partial charge >= 0.3 is 0 Å². The van der Waals surface area contributed by atoms with Crippen molar-refractivity contribution >= 4 is 29.3 Å². The van der Waals surface area contributed by atoms with Crippen LogP contribution in [0.2, 0.25) is 5.02 Å². The number of fused-ring (bicyclic) bond motifs is 1. The Hall–Kier alpha value is -3.52. The van der Waals surface area contributed by atoms with E-state index in [1.54, 1.807) is 29.1 Å². The van der Waals surface area contributed by atoms with Crippen molar-refractivity contribution in [1.29, 1.82) is 0 Å². The molecule has 2 aliphatic rings. The maximum Gasteiger partial charge on any atom is 0.255 e. The van der Waals surface area contributed by atoms with Crippen LogP contribution in [0.3, 0.4) is 0 Å². The summed E-state index contributed by atoms with van der Waals surface area (Å²) in [6, 6.07) is 12.1. The van der Waals surface area contributed by atoms with Crippen molar-refractivity contribution in [3.8, 4) is 16.9 Å². The topological polar surface area (TPSA) is 97.2 Å². The third-order valence-corrected chi connectivity index (χ3v) is 5.66. The van der Waals surface area contributed by atoms with Gasteiger partial charge in [0.05, 0.1) is 11.9 Å². The van der Waals surface area contributed by atoms with Crippen LogP contribution >= 0.6 is 11.6 Å². The lowest BCUT2D eigenvalue weighted by Crippen LogP contribution is -2.52. The standard InChI is InChI=1S/C21H16ClN5O3/c22-14-2-4-15(5-3-14)27-11-17(24-25-27)12-1-6-16-13(9-12)10-26(21(16)30)18-7-8-19(28)23-20(18)29/h1-6,9,11,18H,7-8,10H2,(H,23,28,29). The van der Waals surface area contributed by atoms with Crippen LogP contribution in [-0.2, 0) is 16.1 Å². The van der Waals surface area contributed by atoms with E-state index in [4.69, 9.17) is 11.6 Å². The summed E-state index contributed by atoms with van der Waals surface area (Å²) in [5.74, 6) is -0.916. The van der Waals surface area contributed by atoms with Gasteiger partial charge in [0, 0.05) is 29.1 Å². The summed E-state index contributed by atoms with van der Waals surface area (Å²) in [7, 11) is 0. The molecular weight excluding hydrogens is 406 g/mol. The largest absolute Gasteiger partial charge is 0.322 e. The predicted molar refractivity (Wildman–Crippen MR) is 108 cm³/mol. The van der Waals surface area contributed by atoms with Crippen LogP contribution in [0.15, 0.2) is 48.7 Å². The summed E-state index contributed by atoms with van der Waals surface area (Å²) in [4.78, 5) is 37.9. The Balaban J connectivity index is 1.40. The normalized spacial score (nSPS) is 18.5. The van der Waals surface area contributed by atoms with Gasteiger partial charge in [0.1, 0.15) is 11.7 Å². The molecule has 9 heteroatoms. The third-order valence-electron chi connectivity index (χ3n) is 5.40. The fourth-order valence-electron chi connectivity index (χ4n) is 3.85. The minimum Gasteiger partial charge on any atom is -0.322 e.